The lowest BCUT2D eigenvalue weighted by Crippen LogP contribution is -2.54. The van der Waals surface area contributed by atoms with Gasteiger partial charge in [0.2, 0.25) is 5.91 Å². The standard InChI is InChI=1S/C17H33N5O4.HI/c1-17(2,3)26-15(24)12-20-16(18-4)22-9-7-21(8-10-22)13-14(23)19-6-11-25-5;/h6-13H2,1-5H3,(H,18,20)(H,19,23);1H. The van der Waals surface area contributed by atoms with Crippen molar-refractivity contribution in [2.24, 2.45) is 4.99 Å². The molecule has 158 valence electrons. The van der Waals surface area contributed by atoms with E-state index in [0.29, 0.717) is 25.7 Å². The first-order valence-electron chi connectivity index (χ1n) is 8.90. The van der Waals surface area contributed by atoms with Gasteiger partial charge in [-0.3, -0.25) is 19.5 Å². The summed E-state index contributed by atoms with van der Waals surface area (Å²) in [7, 11) is 3.29. The quantitative estimate of drug-likeness (QED) is 0.166. The summed E-state index contributed by atoms with van der Waals surface area (Å²) in [6, 6.07) is 0. The summed E-state index contributed by atoms with van der Waals surface area (Å²) in [6.45, 7) is 9.98. The summed E-state index contributed by atoms with van der Waals surface area (Å²) >= 11 is 0. The van der Waals surface area contributed by atoms with Crippen LogP contribution in [0.1, 0.15) is 20.8 Å². The molecule has 1 aliphatic rings. The van der Waals surface area contributed by atoms with E-state index in [4.69, 9.17) is 9.47 Å². The number of rotatable bonds is 7. The highest BCUT2D eigenvalue weighted by atomic mass is 127. The van der Waals surface area contributed by atoms with Crippen LogP contribution >= 0.6 is 24.0 Å². The fourth-order valence-corrected chi connectivity index (χ4v) is 2.53. The Hall–Kier alpha value is -1.14. The number of guanidine groups is 1. The second kappa shape index (κ2) is 13.1. The number of nitrogens with one attached hydrogen (secondary N) is 2. The van der Waals surface area contributed by atoms with Crippen LogP contribution in [0.4, 0.5) is 0 Å². The molecular formula is C17H34IN5O4. The van der Waals surface area contributed by atoms with Crippen molar-refractivity contribution < 1.29 is 19.1 Å². The number of halogens is 1. The molecule has 9 nitrogen and oxygen atoms in total. The first-order chi connectivity index (χ1) is 12.2. The predicted molar refractivity (Wildman–Crippen MR) is 116 cm³/mol. The summed E-state index contributed by atoms with van der Waals surface area (Å²) in [6.07, 6.45) is 0. The van der Waals surface area contributed by atoms with Crippen molar-refractivity contribution >= 4 is 41.8 Å². The van der Waals surface area contributed by atoms with Gasteiger partial charge in [0.1, 0.15) is 12.1 Å². The molecule has 0 saturated carbocycles. The zero-order chi connectivity index (χ0) is 19.6. The zero-order valence-electron chi connectivity index (χ0n) is 17.0. The number of amides is 1. The maximum Gasteiger partial charge on any atom is 0.325 e. The number of hydrogen-bond donors (Lipinski definition) is 2. The van der Waals surface area contributed by atoms with Crippen molar-refractivity contribution in [2.75, 3.05) is 66.6 Å². The normalized spacial score (nSPS) is 15.7. The van der Waals surface area contributed by atoms with Crippen molar-refractivity contribution in [3.8, 4) is 0 Å². The van der Waals surface area contributed by atoms with E-state index in [1.165, 1.54) is 0 Å². The second-order valence-corrected chi connectivity index (χ2v) is 7.09. The number of esters is 1. The lowest BCUT2D eigenvalue weighted by atomic mass is 10.2. The minimum atomic E-state index is -0.502. The van der Waals surface area contributed by atoms with Crippen molar-refractivity contribution in [3.63, 3.8) is 0 Å². The molecule has 0 atom stereocenters. The minimum absolute atomic E-state index is 0. The Morgan fingerprint density at radius 3 is 2.26 bits per heavy atom. The molecule has 10 heteroatoms. The lowest BCUT2D eigenvalue weighted by Gasteiger charge is -2.36. The van der Waals surface area contributed by atoms with Crippen LogP contribution < -0.4 is 10.6 Å². The van der Waals surface area contributed by atoms with Gasteiger partial charge in [0.25, 0.3) is 0 Å². The molecule has 0 radical (unpaired) electrons. The van der Waals surface area contributed by atoms with Gasteiger partial charge in [0.05, 0.1) is 13.2 Å². The zero-order valence-corrected chi connectivity index (χ0v) is 19.4. The van der Waals surface area contributed by atoms with E-state index in [1.54, 1.807) is 14.2 Å². The average molecular weight is 499 g/mol. The molecular weight excluding hydrogens is 465 g/mol. The van der Waals surface area contributed by atoms with Crippen LogP contribution in [0.5, 0.6) is 0 Å². The third-order valence-corrected chi connectivity index (χ3v) is 3.69. The Morgan fingerprint density at radius 2 is 1.74 bits per heavy atom. The largest absolute Gasteiger partial charge is 0.459 e. The monoisotopic (exact) mass is 499 g/mol. The second-order valence-electron chi connectivity index (χ2n) is 7.09. The maximum atomic E-state index is 11.8. The average Bonchev–Trinajstić information content (AvgIpc) is 2.55. The maximum absolute atomic E-state index is 11.8. The highest BCUT2D eigenvalue weighted by Crippen LogP contribution is 2.06. The van der Waals surface area contributed by atoms with E-state index in [-0.39, 0.29) is 42.4 Å². The first-order valence-corrected chi connectivity index (χ1v) is 8.90. The van der Waals surface area contributed by atoms with Gasteiger partial charge in [-0.1, -0.05) is 0 Å². The number of carbonyl (C=O) groups excluding carboxylic acids is 2. The molecule has 0 spiro atoms. The number of carbonyl (C=O) groups is 2. The van der Waals surface area contributed by atoms with E-state index in [9.17, 15) is 9.59 Å². The van der Waals surface area contributed by atoms with Crippen molar-refractivity contribution in [2.45, 2.75) is 26.4 Å². The summed E-state index contributed by atoms with van der Waals surface area (Å²) in [5, 5.41) is 5.86. The molecule has 1 aliphatic heterocycles. The highest BCUT2D eigenvalue weighted by Gasteiger charge is 2.22. The molecule has 1 amide bonds. The molecule has 0 aliphatic carbocycles. The molecule has 0 aromatic heterocycles. The molecule has 0 unspecified atom stereocenters. The van der Waals surface area contributed by atoms with Crippen molar-refractivity contribution in [1.82, 2.24) is 20.4 Å². The third kappa shape index (κ3) is 11.3. The SMILES string of the molecule is CN=C(NCC(=O)OC(C)(C)C)N1CCN(CC(=O)NCCOC)CC1.I. The molecule has 0 aromatic carbocycles. The lowest BCUT2D eigenvalue weighted by molar-refractivity contribution is -0.153. The minimum Gasteiger partial charge on any atom is -0.459 e. The smallest absolute Gasteiger partial charge is 0.325 e. The Balaban J connectivity index is 0.00000676. The number of nitrogens with zero attached hydrogens (tertiary/aromatic N) is 3. The van der Waals surface area contributed by atoms with Crippen molar-refractivity contribution in [3.05, 3.63) is 0 Å². The molecule has 2 N–H and O–H groups in total. The van der Waals surface area contributed by atoms with Crippen LogP contribution in [0.3, 0.4) is 0 Å². The van der Waals surface area contributed by atoms with Gasteiger partial charge in [-0.05, 0) is 20.8 Å². The molecule has 1 saturated heterocycles. The molecule has 0 bridgehead atoms. The Morgan fingerprint density at radius 1 is 1.11 bits per heavy atom. The van der Waals surface area contributed by atoms with Crippen LogP contribution in [0.2, 0.25) is 0 Å². The van der Waals surface area contributed by atoms with Crippen LogP contribution in [0, 0.1) is 0 Å². The molecule has 1 rings (SSSR count). The number of aliphatic imine (C=N–C) groups is 1. The highest BCUT2D eigenvalue weighted by molar-refractivity contribution is 14.0. The van der Waals surface area contributed by atoms with Gasteiger partial charge in [0, 0.05) is 46.9 Å². The summed E-state index contributed by atoms with van der Waals surface area (Å²) in [5.74, 6) is 0.355. The van der Waals surface area contributed by atoms with Crippen LogP contribution in [-0.2, 0) is 19.1 Å². The van der Waals surface area contributed by atoms with E-state index < -0.39 is 5.60 Å². The number of hydrogen-bond acceptors (Lipinski definition) is 6. The van der Waals surface area contributed by atoms with Crippen molar-refractivity contribution in [1.29, 1.82) is 0 Å². The fourth-order valence-electron chi connectivity index (χ4n) is 2.53. The Bertz CT molecular complexity index is 488. The molecule has 27 heavy (non-hydrogen) atoms. The summed E-state index contributed by atoms with van der Waals surface area (Å²) in [5.41, 5.74) is -0.502. The topological polar surface area (TPSA) is 95.5 Å². The van der Waals surface area contributed by atoms with Gasteiger partial charge in [-0.2, -0.15) is 0 Å². The van der Waals surface area contributed by atoms with Gasteiger partial charge >= 0.3 is 5.97 Å². The van der Waals surface area contributed by atoms with Crippen LogP contribution in [0.15, 0.2) is 4.99 Å². The van der Waals surface area contributed by atoms with E-state index in [0.717, 1.165) is 26.2 Å². The number of ether oxygens (including phenoxy) is 2. The molecule has 1 heterocycles. The van der Waals surface area contributed by atoms with Gasteiger partial charge in [-0.25, -0.2) is 0 Å². The first kappa shape index (κ1) is 25.9. The Kier molecular flexibility index (Phi) is 12.6. The third-order valence-electron chi connectivity index (χ3n) is 3.69. The Labute approximate surface area is 179 Å². The number of methoxy groups -OCH3 is 1. The van der Waals surface area contributed by atoms with E-state index in [1.807, 2.05) is 20.8 Å². The van der Waals surface area contributed by atoms with E-state index >= 15 is 0 Å². The predicted octanol–water partition coefficient (Wildman–Crippen LogP) is -0.0983. The van der Waals surface area contributed by atoms with E-state index in [2.05, 4.69) is 25.4 Å². The fraction of sp³-hybridized carbons (Fsp3) is 0.824. The van der Waals surface area contributed by atoms with Gasteiger partial charge < -0.3 is 25.0 Å². The van der Waals surface area contributed by atoms with Crippen LogP contribution in [0.25, 0.3) is 0 Å². The van der Waals surface area contributed by atoms with Gasteiger partial charge in [0.15, 0.2) is 5.96 Å². The molecule has 0 aromatic rings. The number of piperazine rings is 1. The van der Waals surface area contributed by atoms with Crippen LogP contribution in [-0.4, -0.2) is 99.8 Å². The molecule has 1 fully saturated rings. The summed E-state index contributed by atoms with van der Waals surface area (Å²) < 4.78 is 10.2. The van der Waals surface area contributed by atoms with Gasteiger partial charge in [-0.15, -0.1) is 24.0 Å². The summed E-state index contributed by atoms with van der Waals surface area (Å²) in [4.78, 5) is 32.1.